The van der Waals surface area contributed by atoms with E-state index in [-0.39, 0.29) is 36.5 Å². The molecule has 0 fully saturated rings. The van der Waals surface area contributed by atoms with Gasteiger partial charge in [0.05, 0.1) is 18.6 Å². The highest BCUT2D eigenvalue weighted by Crippen LogP contribution is 2.18. The number of nitrogens with one attached hydrogen (secondary N) is 1. The molecule has 3 aromatic rings. The van der Waals surface area contributed by atoms with Gasteiger partial charge in [-0.1, -0.05) is 12.1 Å². The average Bonchev–Trinajstić information content (AvgIpc) is 2.65. The maximum Gasteiger partial charge on any atom is 0.266 e. The molecule has 138 valence electrons. The lowest BCUT2D eigenvalue weighted by Gasteiger charge is -2.09. The van der Waals surface area contributed by atoms with E-state index in [9.17, 15) is 18.8 Å². The fourth-order valence-electron chi connectivity index (χ4n) is 2.43. The third-order valence-electron chi connectivity index (χ3n) is 3.77. The molecule has 0 spiro atoms. The molecule has 2 aromatic heterocycles. The van der Waals surface area contributed by atoms with E-state index in [1.807, 2.05) is 0 Å². The van der Waals surface area contributed by atoms with Crippen LogP contribution in [-0.2, 0) is 17.9 Å². The van der Waals surface area contributed by atoms with Crippen LogP contribution in [0, 0.1) is 5.82 Å². The van der Waals surface area contributed by atoms with E-state index in [0.29, 0.717) is 0 Å². The second-order valence-electron chi connectivity index (χ2n) is 5.66. The number of aromatic nitrogens is 4. The molecule has 27 heavy (non-hydrogen) atoms. The van der Waals surface area contributed by atoms with Gasteiger partial charge in [-0.05, 0) is 18.2 Å². The zero-order valence-electron chi connectivity index (χ0n) is 14.2. The van der Waals surface area contributed by atoms with Crippen LogP contribution >= 0.6 is 0 Å². The van der Waals surface area contributed by atoms with Crippen LogP contribution in [0.5, 0.6) is 0 Å². The molecule has 0 saturated heterocycles. The molecule has 0 saturated carbocycles. The summed E-state index contributed by atoms with van der Waals surface area (Å²) in [6.45, 7) is 0.163. The molecule has 2 heterocycles. The lowest BCUT2D eigenvalue weighted by Crippen LogP contribution is -2.35. The highest BCUT2D eigenvalue weighted by molar-refractivity contribution is 5.75. The Hall–Kier alpha value is -3.62. The summed E-state index contributed by atoms with van der Waals surface area (Å²) in [5, 5.41) is 6.48. The van der Waals surface area contributed by atoms with E-state index in [1.54, 1.807) is 12.1 Å². The summed E-state index contributed by atoms with van der Waals surface area (Å²) in [7, 11) is 0. The predicted octanol–water partition coefficient (Wildman–Crippen LogP) is 0.422. The normalized spacial score (nSPS) is 10.6. The molecule has 1 N–H and O–H groups in total. The lowest BCUT2D eigenvalue weighted by molar-refractivity contribution is -0.121. The van der Waals surface area contributed by atoms with Crippen molar-refractivity contribution in [3.8, 4) is 11.3 Å². The van der Waals surface area contributed by atoms with Gasteiger partial charge in [-0.2, -0.15) is 5.10 Å². The molecule has 0 unspecified atom stereocenters. The fraction of sp³-hybridized carbons (Fsp3) is 0.167. The van der Waals surface area contributed by atoms with Crippen LogP contribution in [-0.4, -0.2) is 31.8 Å². The zero-order valence-corrected chi connectivity index (χ0v) is 14.2. The Labute approximate surface area is 152 Å². The largest absolute Gasteiger partial charge is 0.353 e. The molecule has 1 amide bonds. The molecule has 0 aliphatic carbocycles. The number of hydrogen-bond donors (Lipinski definition) is 1. The summed E-state index contributed by atoms with van der Waals surface area (Å²) >= 11 is 0. The summed E-state index contributed by atoms with van der Waals surface area (Å²) in [6, 6.07) is 10.1. The molecule has 0 aliphatic rings. The van der Waals surface area contributed by atoms with Gasteiger partial charge in [0.1, 0.15) is 12.4 Å². The van der Waals surface area contributed by atoms with Gasteiger partial charge in [0.15, 0.2) is 0 Å². The lowest BCUT2D eigenvalue weighted by atomic mass is 10.1. The summed E-state index contributed by atoms with van der Waals surface area (Å²) in [4.78, 5) is 39.7. The van der Waals surface area contributed by atoms with Crippen molar-refractivity contribution in [2.75, 3.05) is 6.54 Å². The molecular formula is C18H16FN5O3. The standard InChI is InChI=1S/C18H16FN5O3/c19-14-5-2-1-4-13(14)15-10-18(27)23(12-21-15)11-16(25)20-8-9-24-17(26)6-3-7-22-24/h1-7,10,12H,8-9,11H2,(H,20,25). The van der Waals surface area contributed by atoms with E-state index in [2.05, 4.69) is 15.4 Å². The highest BCUT2D eigenvalue weighted by Gasteiger charge is 2.09. The van der Waals surface area contributed by atoms with E-state index in [1.165, 1.54) is 47.5 Å². The van der Waals surface area contributed by atoms with Gasteiger partial charge < -0.3 is 5.32 Å². The fourth-order valence-corrected chi connectivity index (χ4v) is 2.43. The Balaban J connectivity index is 1.61. The van der Waals surface area contributed by atoms with Crippen molar-refractivity contribution in [3.63, 3.8) is 0 Å². The number of hydrogen-bond acceptors (Lipinski definition) is 5. The average molecular weight is 369 g/mol. The van der Waals surface area contributed by atoms with Gasteiger partial charge >= 0.3 is 0 Å². The molecule has 1 aromatic carbocycles. The molecule has 3 rings (SSSR count). The minimum absolute atomic E-state index is 0.186. The Morgan fingerprint density at radius 3 is 2.67 bits per heavy atom. The summed E-state index contributed by atoms with van der Waals surface area (Å²) in [6.07, 6.45) is 2.68. The number of amides is 1. The number of carbonyl (C=O) groups is 1. The van der Waals surface area contributed by atoms with Gasteiger partial charge in [-0.25, -0.2) is 14.1 Å². The number of halogens is 1. The first-order valence-electron chi connectivity index (χ1n) is 8.15. The van der Waals surface area contributed by atoms with E-state index in [4.69, 9.17) is 0 Å². The van der Waals surface area contributed by atoms with Gasteiger partial charge in [0.25, 0.3) is 11.1 Å². The maximum absolute atomic E-state index is 13.8. The van der Waals surface area contributed by atoms with Gasteiger partial charge in [0, 0.05) is 30.4 Å². The maximum atomic E-state index is 13.8. The molecule has 0 aliphatic heterocycles. The Morgan fingerprint density at radius 1 is 1.11 bits per heavy atom. The van der Waals surface area contributed by atoms with Crippen molar-refractivity contribution in [3.05, 3.63) is 81.5 Å². The van der Waals surface area contributed by atoms with Crippen molar-refractivity contribution in [1.29, 1.82) is 0 Å². The molecule has 9 heteroatoms. The number of benzene rings is 1. The van der Waals surface area contributed by atoms with E-state index in [0.717, 1.165) is 4.57 Å². The molecule has 0 radical (unpaired) electrons. The summed E-state index contributed by atoms with van der Waals surface area (Å²) in [5.41, 5.74) is -0.327. The van der Waals surface area contributed by atoms with Crippen molar-refractivity contribution in [1.82, 2.24) is 24.6 Å². The second kappa shape index (κ2) is 8.17. The van der Waals surface area contributed by atoms with E-state index >= 15 is 0 Å². The minimum atomic E-state index is -0.482. The van der Waals surface area contributed by atoms with Crippen LogP contribution in [0.15, 0.2) is 64.6 Å². The van der Waals surface area contributed by atoms with Crippen LogP contribution in [0.4, 0.5) is 4.39 Å². The first-order valence-corrected chi connectivity index (χ1v) is 8.15. The van der Waals surface area contributed by atoms with Crippen LogP contribution in [0.3, 0.4) is 0 Å². The van der Waals surface area contributed by atoms with Crippen molar-refractivity contribution >= 4 is 5.91 Å². The Morgan fingerprint density at radius 2 is 1.93 bits per heavy atom. The van der Waals surface area contributed by atoms with Gasteiger partial charge in [-0.15, -0.1) is 0 Å². The Bertz CT molecular complexity index is 1080. The monoisotopic (exact) mass is 369 g/mol. The highest BCUT2D eigenvalue weighted by atomic mass is 19.1. The first kappa shape index (κ1) is 18.2. The third-order valence-corrected chi connectivity index (χ3v) is 3.77. The summed E-state index contributed by atoms with van der Waals surface area (Å²) < 4.78 is 16.1. The van der Waals surface area contributed by atoms with E-state index < -0.39 is 17.3 Å². The minimum Gasteiger partial charge on any atom is -0.353 e. The predicted molar refractivity (Wildman–Crippen MR) is 95.4 cm³/mol. The topological polar surface area (TPSA) is 98.9 Å². The quantitative estimate of drug-likeness (QED) is 0.679. The van der Waals surface area contributed by atoms with Crippen molar-refractivity contribution in [2.24, 2.45) is 0 Å². The summed E-state index contributed by atoms with van der Waals surface area (Å²) in [5.74, 6) is -0.897. The van der Waals surface area contributed by atoms with Gasteiger partial charge in [-0.3, -0.25) is 19.0 Å². The van der Waals surface area contributed by atoms with Crippen LogP contribution in [0.1, 0.15) is 0 Å². The number of nitrogens with zero attached hydrogens (tertiary/aromatic N) is 4. The van der Waals surface area contributed by atoms with Crippen LogP contribution in [0.25, 0.3) is 11.3 Å². The smallest absolute Gasteiger partial charge is 0.266 e. The zero-order chi connectivity index (χ0) is 19.2. The molecule has 8 nitrogen and oxygen atoms in total. The number of rotatable bonds is 6. The van der Waals surface area contributed by atoms with Crippen LogP contribution in [0.2, 0.25) is 0 Å². The van der Waals surface area contributed by atoms with Gasteiger partial charge in [0.2, 0.25) is 5.91 Å². The third kappa shape index (κ3) is 4.51. The molecular weight excluding hydrogens is 353 g/mol. The SMILES string of the molecule is O=C(Cn1cnc(-c2ccccc2F)cc1=O)NCCn1ncccc1=O. The molecule has 0 atom stereocenters. The van der Waals surface area contributed by atoms with Crippen molar-refractivity contribution in [2.45, 2.75) is 13.1 Å². The Kier molecular flexibility index (Phi) is 5.50. The number of carbonyl (C=O) groups excluding carboxylic acids is 1. The van der Waals surface area contributed by atoms with Crippen LogP contribution < -0.4 is 16.4 Å². The first-order chi connectivity index (χ1) is 13.0. The second-order valence-corrected chi connectivity index (χ2v) is 5.66. The molecule has 0 bridgehead atoms. The van der Waals surface area contributed by atoms with Crippen molar-refractivity contribution < 1.29 is 9.18 Å².